The molecule has 1 fully saturated rings. The molecule has 1 aromatic carbocycles. The van der Waals surface area contributed by atoms with Gasteiger partial charge in [-0.3, -0.25) is 0 Å². The van der Waals surface area contributed by atoms with Crippen LogP contribution in [0.2, 0.25) is 0 Å². The minimum Gasteiger partial charge on any atom is -0.480 e. The van der Waals surface area contributed by atoms with Crippen molar-refractivity contribution in [2.45, 2.75) is 50.7 Å². The van der Waals surface area contributed by atoms with Crippen molar-refractivity contribution in [1.82, 2.24) is 5.32 Å². The molecule has 7 heteroatoms. The molecule has 1 saturated carbocycles. The molecule has 1 aromatic rings. The number of amides is 1. The van der Waals surface area contributed by atoms with Gasteiger partial charge >= 0.3 is 12.1 Å². The molecule has 23 heavy (non-hydrogen) atoms. The zero-order valence-electron chi connectivity index (χ0n) is 13.2. The first-order chi connectivity index (χ1) is 10.5. The maximum Gasteiger partial charge on any atom is 0.408 e. The van der Waals surface area contributed by atoms with Crippen molar-refractivity contribution < 1.29 is 28.2 Å². The van der Waals surface area contributed by atoms with Crippen molar-refractivity contribution in [1.29, 1.82) is 0 Å². The number of halogens is 2. The van der Waals surface area contributed by atoms with Crippen LogP contribution < -0.4 is 5.32 Å². The third kappa shape index (κ3) is 3.78. The first kappa shape index (κ1) is 17.2. The molecule has 0 spiro atoms. The molecule has 0 aliphatic heterocycles. The molecule has 1 atom stereocenters. The number of rotatable bonds is 4. The minimum atomic E-state index is -1.35. The van der Waals surface area contributed by atoms with E-state index >= 15 is 0 Å². The van der Waals surface area contributed by atoms with Crippen molar-refractivity contribution in [3.05, 3.63) is 35.4 Å². The Balaban J connectivity index is 2.27. The lowest BCUT2D eigenvalue weighted by atomic mass is 9.87. The molecule has 0 aromatic heterocycles. The van der Waals surface area contributed by atoms with Crippen molar-refractivity contribution in [2.24, 2.45) is 0 Å². The number of carbonyl (C=O) groups is 2. The van der Waals surface area contributed by atoms with E-state index in [1.54, 1.807) is 20.8 Å². The highest BCUT2D eigenvalue weighted by atomic mass is 19.1. The fourth-order valence-electron chi connectivity index (χ4n) is 2.60. The summed E-state index contributed by atoms with van der Waals surface area (Å²) in [5, 5.41) is 11.7. The smallest absolute Gasteiger partial charge is 0.408 e. The van der Waals surface area contributed by atoms with Gasteiger partial charge < -0.3 is 15.2 Å². The summed E-state index contributed by atoms with van der Waals surface area (Å²) in [5.74, 6) is -2.86. The number of carbonyl (C=O) groups excluding carboxylic acids is 1. The van der Waals surface area contributed by atoms with E-state index < -0.39 is 40.8 Å². The van der Waals surface area contributed by atoms with Crippen LogP contribution in [0, 0.1) is 11.6 Å². The molecular formula is C16H19F2NO4. The van der Waals surface area contributed by atoms with Crippen LogP contribution in [0.1, 0.15) is 39.2 Å². The summed E-state index contributed by atoms with van der Waals surface area (Å²) in [6, 6.07) is 1.66. The fraction of sp³-hybridized carbons (Fsp3) is 0.500. The summed E-state index contributed by atoms with van der Waals surface area (Å²) in [6.07, 6.45) is -0.136. The van der Waals surface area contributed by atoms with E-state index in [0.29, 0.717) is 18.9 Å². The van der Waals surface area contributed by atoms with Crippen LogP contribution >= 0.6 is 0 Å². The number of carboxylic acids is 1. The predicted molar refractivity (Wildman–Crippen MR) is 78.1 cm³/mol. The molecule has 0 saturated heterocycles. The normalized spacial score (nSPS) is 17.3. The van der Waals surface area contributed by atoms with E-state index in [9.17, 15) is 23.5 Å². The van der Waals surface area contributed by atoms with Crippen LogP contribution in [-0.2, 0) is 14.9 Å². The standard InChI is InChI=1S/C16H19F2NO4/c1-15(2,3)23-14(22)19-12(13(20)21)16(6-7-16)10-5-4-9(17)8-11(10)18/h4-5,8,12H,6-7H2,1-3H3,(H,19,22)(H,20,21). The molecule has 2 rings (SSSR count). The summed E-state index contributed by atoms with van der Waals surface area (Å²) in [4.78, 5) is 23.4. The maximum atomic E-state index is 14.0. The molecule has 0 radical (unpaired) electrons. The second kappa shape index (κ2) is 5.79. The lowest BCUT2D eigenvalue weighted by Gasteiger charge is -2.27. The number of alkyl carbamates (subject to hydrolysis) is 1. The molecule has 1 unspecified atom stereocenters. The highest BCUT2D eigenvalue weighted by molar-refractivity contribution is 5.83. The highest BCUT2D eigenvalue weighted by Gasteiger charge is 2.56. The predicted octanol–water partition coefficient (Wildman–Crippen LogP) is 2.97. The van der Waals surface area contributed by atoms with E-state index in [0.717, 1.165) is 6.07 Å². The molecule has 0 bridgehead atoms. The number of benzene rings is 1. The van der Waals surface area contributed by atoms with Crippen LogP contribution in [0.5, 0.6) is 0 Å². The second-order valence-electron chi connectivity index (χ2n) is 6.70. The Morgan fingerprint density at radius 3 is 2.35 bits per heavy atom. The largest absolute Gasteiger partial charge is 0.480 e. The van der Waals surface area contributed by atoms with Gasteiger partial charge in [-0.15, -0.1) is 0 Å². The van der Waals surface area contributed by atoms with Gasteiger partial charge in [-0.25, -0.2) is 18.4 Å². The van der Waals surface area contributed by atoms with Gasteiger partial charge in [-0.2, -0.15) is 0 Å². The molecule has 0 heterocycles. The van der Waals surface area contributed by atoms with Crippen LogP contribution in [0.25, 0.3) is 0 Å². The van der Waals surface area contributed by atoms with Gasteiger partial charge in [0.05, 0.1) is 0 Å². The first-order valence-corrected chi connectivity index (χ1v) is 7.23. The zero-order chi connectivity index (χ0) is 17.4. The van der Waals surface area contributed by atoms with Crippen LogP contribution in [-0.4, -0.2) is 28.8 Å². The molecule has 126 valence electrons. The second-order valence-corrected chi connectivity index (χ2v) is 6.70. The Labute approximate surface area is 132 Å². The Morgan fingerprint density at radius 1 is 1.30 bits per heavy atom. The topological polar surface area (TPSA) is 75.6 Å². The number of aliphatic carboxylic acids is 1. The van der Waals surface area contributed by atoms with Gasteiger partial charge in [0.25, 0.3) is 0 Å². The van der Waals surface area contributed by atoms with Gasteiger partial charge in [0.2, 0.25) is 0 Å². The molecule has 1 aliphatic carbocycles. The van der Waals surface area contributed by atoms with Gasteiger partial charge in [0.1, 0.15) is 23.3 Å². The molecular weight excluding hydrogens is 308 g/mol. The minimum absolute atomic E-state index is 0.0855. The number of ether oxygens (including phenoxy) is 1. The Bertz CT molecular complexity index is 635. The Kier molecular flexibility index (Phi) is 4.32. The SMILES string of the molecule is CC(C)(C)OC(=O)NC(C(=O)O)C1(c2ccc(F)cc2F)CC1. The summed E-state index contributed by atoms with van der Waals surface area (Å²) in [7, 11) is 0. The van der Waals surface area contributed by atoms with E-state index in [1.165, 1.54) is 6.07 Å². The van der Waals surface area contributed by atoms with Crippen LogP contribution in [0.3, 0.4) is 0 Å². The maximum absolute atomic E-state index is 14.0. The van der Waals surface area contributed by atoms with Crippen molar-refractivity contribution in [3.8, 4) is 0 Å². The third-order valence-corrected chi connectivity index (χ3v) is 3.72. The van der Waals surface area contributed by atoms with Crippen molar-refractivity contribution in [3.63, 3.8) is 0 Å². The number of carboxylic acid groups (broad SMARTS) is 1. The van der Waals surface area contributed by atoms with Gasteiger partial charge in [0, 0.05) is 11.5 Å². The highest BCUT2D eigenvalue weighted by Crippen LogP contribution is 2.52. The third-order valence-electron chi connectivity index (χ3n) is 3.72. The molecule has 5 nitrogen and oxygen atoms in total. The lowest BCUT2D eigenvalue weighted by molar-refractivity contribution is -0.140. The number of hydrogen-bond donors (Lipinski definition) is 2. The molecule has 1 amide bonds. The van der Waals surface area contributed by atoms with E-state index in [2.05, 4.69) is 5.32 Å². The fourth-order valence-corrected chi connectivity index (χ4v) is 2.60. The summed E-state index contributed by atoms with van der Waals surface area (Å²) in [5.41, 5.74) is -1.78. The molecule has 1 aliphatic rings. The van der Waals surface area contributed by atoms with Gasteiger partial charge in [0.15, 0.2) is 0 Å². The van der Waals surface area contributed by atoms with Crippen molar-refractivity contribution >= 4 is 12.1 Å². The Morgan fingerprint density at radius 2 is 1.91 bits per heavy atom. The van der Waals surface area contributed by atoms with Gasteiger partial charge in [-0.05, 0) is 45.2 Å². The molecule has 2 N–H and O–H groups in total. The number of nitrogens with one attached hydrogen (secondary N) is 1. The summed E-state index contributed by atoms with van der Waals surface area (Å²) < 4.78 is 32.2. The zero-order valence-corrected chi connectivity index (χ0v) is 13.2. The van der Waals surface area contributed by atoms with Gasteiger partial charge in [-0.1, -0.05) is 6.07 Å². The summed E-state index contributed by atoms with van der Waals surface area (Å²) in [6.45, 7) is 4.94. The van der Waals surface area contributed by atoms with E-state index in [1.807, 2.05) is 0 Å². The van der Waals surface area contributed by atoms with Crippen molar-refractivity contribution in [2.75, 3.05) is 0 Å². The first-order valence-electron chi connectivity index (χ1n) is 7.23. The quantitative estimate of drug-likeness (QED) is 0.891. The van der Waals surface area contributed by atoms with Crippen LogP contribution in [0.4, 0.5) is 13.6 Å². The average Bonchev–Trinajstić information content (AvgIpc) is 3.14. The number of hydrogen-bond acceptors (Lipinski definition) is 3. The van der Waals surface area contributed by atoms with E-state index in [-0.39, 0.29) is 5.56 Å². The Hall–Kier alpha value is -2.18. The lowest BCUT2D eigenvalue weighted by Crippen LogP contribution is -2.50. The average molecular weight is 327 g/mol. The van der Waals surface area contributed by atoms with E-state index in [4.69, 9.17) is 4.74 Å². The monoisotopic (exact) mass is 327 g/mol. The van der Waals surface area contributed by atoms with Crippen LogP contribution in [0.15, 0.2) is 18.2 Å². The summed E-state index contributed by atoms with van der Waals surface area (Å²) >= 11 is 0.